The summed E-state index contributed by atoms with van der Waals surface area (Å²) in [4.78, 5) is 23.2. The van der Waals surface area contributed by atoms with Crippen molar-refractivity contribution in [3.63, 3.8) is 0 Å². The van der Waals surface area contributed by atoms with Gasteiger partial charge in [0.25, 0.3) is 0 Å². The molecular weight excluding hydrogens is 351 g/mol. The predicted molar refractivity (Wildman–Crippen MR) is 67.6 cm³/mol. The third kappa shape index (κ3) is 1.53. The maximum Gasteiger partial charge on any atom is 0.244 e. The quantitative estimate of drug-likeness (QED) is 0.492. The molecule has 1 aliphatic carbocycles. The molecule has 18 heavy (non-hydrogen) atoms. The van der Waals surface area contributed by atoms with Crippen molar-refractivity contribution in [2.75, 3.05) is 0 Å². The summed E-state index contributed by atoms with van der Waals surface area (Å²) in [6.07, 6.45) is 0. The maximum atomic E-state index is 11.7. The molecule has 94 valence electrons. The van der Waals surface area contributed by atoms with Gasteiger partial charge in [0.05, 0.1) is 11.1 Å². The van der Waals surface area contributed by atoms with E-state index in [4.69, 9.17) is 23.2 Å². The summed E-state index contributed by atoms with van der Waals surface area (Å²) < 4.78 is -0.423. The monoisotopic (exact) mass is 352 g/mol. The highest BCUT2D eigenvalue weighted by Crippen LogP contribution is 2.48. The van der Waals surface area contributed by atoms with E-state index >= 15 is 0 Å². The molecule has 5 nitrogen and oxygen atoms in total. The van der Waals surface area contributed by atoms with Gasteiger partial charge in [-0.15, -0.1) is 0 Å². The van der Waals surface area contributed by atoms with E-state index in [0.717, 1.165) is 0 Å². The number of allylic oxidation sites excluding steroid dienone is 1. The van der Waals surface area contributed by atoms with Crippen LogP contribution in [-0.2, 0) is 4.79 Å². The van der Waals surface area contributed by atoms with Crippen LogP contribution in [0.15, 0.2) is 4.48 Å². The molecular formula is C10H3BrCl2O5. The first-order chi connectivity index (χ1) is 8.29. The molecule has 1 aromatic rings. The molecule has 0 amide bonds. The van der Waals surface area contributed by atoms with Crippen molar-refractivity contribution >= 4 is 56.5 Å². The minimum absolute atomic E-state index is 0.423. The number of halogens is 3. The van der Waals surface area contributed by atoms with Gasteiger partial charge >= 0.3 is 0 Å². The van der Waals surface area contributed by atoms with Crippen LogP contribution in [0.2, 0.25) is 10.0 Å². The van der Waals surface area contributed by atoms with Crippen molar-refractivity contribution < 1.29 is 24.9 Å². The fourth-order valence-electron chi connectivity index (χ4n) is 1.55. The number of Topliss-reactive ketones (excluding diaryl/α,β-unsaturated/α-hetero) is 2. The molecule has 2 rings (SSSR count). The van der Waals surface area contributed by atoms with Crippen molar-refractivity contribution in [3.05, 3.63) is 25.7 Å². The Hall–Kier alpha value is -1.24. The molecule has 0 unspecified atom stereocenters. The van der Waals surface area contributed by atoms with Crippen molar-refractivity contribution in [1.29, 1.82) is 0 Å². The minimum Gasteiger partial charge on any atom is -0.506 e. The molecule has 0 bridgehead atoms. The third-order valence-corrected chi connectivity index (χ3v) is 3.98. The summed E-state index contributed by atoms with van der Waals surface area (Å²) >= 11 is 14.0. The largest absolute Gasteiger partial charge is 0.506 e. The second kappa shape index (κ2) is 4.15. The molecule has 0 saturated carbocycles. The second-order valence-corrected chi connectivity index (χ2v) is 4.94. The van der Waals surface area contributed by atoms with E-state index in [2.05, 4.69) is 15.9 Å². The second-order valence-electron chi connectivity index (χ2n) is 3.40. The van der Waals surface area contributed by atoms with Gasteiger partial charge in [-0.2, -0.15) is 0 Å². The van der Waals surface area contributed by atoms with E-state index in [0.29, 0.717) is 0 Å². The third-order valence-electron chi connectivity index (χ3n) is 2.41. The fraction of sp³-hybridized carbons (Fsp3) is 0. The zero-order valence-corrected chi connectivity index (χ0v) is 11.4. The molecule has 0 atom stereocenters. The fourth-order valence-corrected chi connectivity index (χ4v) is 2.29. The molecule has 1 aliphatic rings. The van der Waals surface area contributed by atoms with Crippen LogP contribution in [-0.4, -0.2) is 26.9 Å². The number of hydrogen-bond acceptors (Lipinski definition) is 5. The summed E-state index contributed by atoms with van der Waals surface area (Å²) in [5.74, 6) is -4.32. The van der Waals surface area contributed by atoms with Gasteiger partial charge in [0.2, 0.25) is 11.6 Å². The number of ketones is 2. The van der Waals surface area contributed by atoms with Crippen molar-refractivity contribution in [2.24, 2.45) is 0 Å². The van der Waals surface area contributed by atoms with Gasteiger partial charge in [-0.25, -0.2) is 0 Å². The van der Waals surface area contributed by atoms with Crippen molar-refractivity contribution in [2.45, 2.75) is 0 Å². The maximum absolute atomic E-state index is 11.7. The predicted octanol–water partition coefficient (Wildman–Crippen LogP) is 2.79. The summed E-state index contributed by atoms with van der Waals surface area (Å²) in [7, 11) is 0. The van der Waals surface area contributed by atoms with E-state index in [1.165, 1.54) is 0 Å². The van der Waals surface area contributed by atoms with Gasteiger partial charge in [-0.1, -0.05) is 23.2 Å². The number of aliphatic hydroxyl groups excluding tert-OH is 1. The zero-order chi connectivity index (χ0) is 13.8. The summed E-state index contributed by atoms with van der Waals surface area (Å²) in [6.45, 7) is 0. The molecule has 1 aromatic carbocycles. The Morgan fingerprint density at radius 2 is 1.28 bits per heavy atom. The number of phenols is 2. The molecule has 3 N–H and O–H groups in total. The molecule has 0 aromatic heterocycles. The summed E-state index contributed by atoms with van der Waals surface area (Å²) in [5.41, 5.74) is -1.01. The number of aliphatic hydroxyl groups is 1. The lowest BCUT2D eigenvalue weighted by Crippen LogP contribution is -2.22. The number of carbonyl (C=O) groups excluding carboxylic acids is 2. The average molecular weight is 354 g/mol. The topological polar surface area (TPSA) is 94.8 Å². The Bertz CT molecular complexity index is 650. The molecule has 0 fully saturated rings. The molecule has 0 spiro atoms. The van der Waals surface area contributed by atoms with E-state index in [1.54, 1.807) is 0 Å². The van der Waals surface area contributed by atoms with Crippen molar-refractivity contribution in [3.8, 4) is 11.5 Å². The lowest BCUT2D eigenvalue weighted by atomic mass is 9.92. The number of fused-ring (bicyclic) bond motifs is 1. The number of aromatic hydroxyl groups is 2. The van der Waals surface area contributed by atoms with Gasteiger partial charge in [-0.3, -0.25) is 9.59 Å². The number of carbonyl (C=O) groups is 2. The van der Waals surface area contributed by atoms with Crippen LogP contribution in [0.5, 0.6) is 11.5 Å². The highest BCUT2D eigenvalue weighted by atomic mass is 79.9. The minimum atomic E-state index is -1.11. The van der Waals surface area contributed by atoms with E-state index in [-0.39, 0.29) is 0 Å². The summed E-state index contributed by atoms with van der Waals surface area (Å²) in [5, 5.41) is 28.3. The Kier molecular flexibility index (Phi) is 3.04. The Balaban J connectivity index is 3.01. The lowest BCUT2D eigenvalue weighted by molar-refractivity contribution is -0.111. The lowest BCUT2D eigenvalue weighted by Gasteiger charge is -2.18. The van der Waals surface area contributed by atoms with Crippen LogP contribution >= 0.6 is 39.1 Å². The van der Waals surface area contributed by atoms with Crippen LogP contribution < -0.4 is 0 Å². The van der Waals surface area contributed by atoms with E-state index in [1.807, 2.05) is 0 Å². The van der Waals surface area contributed by atoms with Crippen LogP contribution in [0.1, 0.15) is 15.9 Å². The molecule has 0 radical (unpaired) electrons. The first-order valence-electron chi connectivity index (χ1n) is 4.40. The number of benzene rings is 1. The average Bonchev–Trinajstić information content (AvgIpc) is 2.35. The number of phenolic OH excluding ortho intramolecular Hbond substituents is 2. The van der Waals surface area contributed by atoms with Gasteiger partial charge < -0.3 is 15.3 Å². The standard InChI is InChI=1S/C10H3BrCl2O5/c11-3-6(14)1-2(9(17)10(3)18)8(16)5(13)4(12)7(1)15/h14-16H. The summed E-state index contributed by atoms with van der Waals surface area (Å²) in [6, 6.07) is 0. The van der Waals surface area contributed by atoms with Gasteiger partial charge in [0, 0.05) is 0 Å². The van der Waals surface area contributed by atoms with E-state index < -0.39 is 54.5 Å². The normalized spacial score (nSPS) is 15.1. The van der Waals surface area contributed by atoms with Crippen molar-refractivity contribution in [1.82, 2.24) is 0 Å². The first kappa shape index (κ1) is 13.2. The smallest absolute Gasteiger partial charge is 0.244 e. The molecule has 0 saturated heterocycles. The van der Waals surface area contributed by atoms with Gasteiger partial charge in [0.15, 0.2) is 0 Å². The molecule has 0 heterocycles. The Morgan fingerprint density at radius 1 is 0.833 bits per heavy atom. The number of hydrogen-bond donors (Lipinski definition) is 3. The van der Waals surface area contributed by atoms with Gasteiger partial charge in [0.1, 0.15) is 31.8 Å². The number of rotatable bonds is 0. The first-order valence-corrected chi connectivity index (χ1v) is 5.94. The Morgan fingerprint density at radius 3 is 1.78 bits per heavy atom. The van der Waals surface area contributed by atoms with Gasteiger partial charge in [-0.05, 0) is 15.9 Å². The molecule has 8 heteroatoms. The van der Waals surface area contributed by atoms with Crippen LogP contribution in [0.3, 0.4) is 0 Å². The van der Waals surface area contributed by atoms with E-state index in [9.17, 15) is 24.9 Å². The van der Waals surface area contributed by atoms with Crippen LogP contribution in [0.25, 0.3) is 5.76 Å². The molecule has 0 aliphatic heterocycles. The van der Waals surface area contributed by atoms with Crippen LogP contribution in [0.4, 0.5) is 0 Å². The SMILES string of the molecule is O=C1C(=O)c2c(O)c(Cl)c(Cl)c(O)c2C(O)=C1Br. The highest BCUT2D eigenvalue weighted by molar-refractivity contribution is 9.12. The highest BCUT2D eigenvalue weighted by Gasteiger charge is 2.38. The zero-order valence-electron chi connectivity index (χ0n) is 8.29. The van der Waals surface area contributed by atoms with Crippen LogP contribution in [0, 0.1) is 0 Å². The Labute approximate surface area is 118 Å².